The summed E-state index contributed by atoms with van der Waals surface area (Å²) >= 11 is 0. The molecular formula is C17H19N7O. The number of hydrogen-bond acceptors (Lipinski definition) is 7. The van der Waals surface area contributed by atoms with Crippen LogP contribution in [-0.2, 0) is 0 Å². The molecule has 0 amide bonds. The molecular weight excluding hydrogens is 318 g/mol. The lowest BCUT2D eigenvalue weighted by atomic mass is 10.0. The number of aromatic nitrogens is 5. The average molecular weight is 337 g/mol. The molecule has 1 aliphatic heterocycles. The van der Waals surface area contributed by atoms with Crippen molar-refractivity contribution >= 4 is 5.95 Å². The Morgan fingerprint density at radius 1 is 1.20 bits per heavy atom. The molecule has 0 spiro atoms. The molecule has 1 aliphatic rings. The summed E-state index contributed by atoms with van der Waals surface area (Å²) in [5.74, 6) is 0.755. The van der Waals surface area contributed by atoms with Crippen molar-refractivity contribution < 1.29 is 5.11 Å². The second-order valence-electron chi connectivity index (χ2n) is 6.16. The number of aromatic amines is 1. The van der Waals surface area contributed by atoms with E-state index in [-0.39, 0.29) is 5.75 Å². The summed E-state index contributed by atoms with van der Waals surface area (Å²) in [7, 11) is 0. The molecule has 1 saturated heterocycles. The number of anilines is 1. The number of phenolic OH excluding ortho intramolecular Hbond substituents is 1. The molecule has 3 heterocycles. The predicted molar refractivity (Wildman–Crippen MR) is 94.2 cm³/mol. The Hall–Kier alpha value is -3.00. The summed E-state index contributed by atoms with van der Waals surface area (Å²) in [4.78, 5) is 6.54. The number of phenols is 1. The number of H-pyrrole nitrogens is 1. The van der Waals surface area contributed by atoms with Gasteiger partial charge in [0.1, 0.15) is 11.4 Å². The zero-order valence-electron chi connectivity index (χ0n) is 13.8. The molecule has 1 atom stereocenters. The van der Waals surface area contributed by atoms with Gasteiger partial charge in [-0.05, 0) is 24.6 Å². The van der Waals surface area contributed by atoms with Gasteiger partial charge in [0.15, 0.2) is 0 Å². The highest BCUT2D eigenvalue weighted by atomic mass is 16.3. The lowest BCUT2D eigenvalue weighted by Gasteiger charge is -2.31. The lowest BCUT2D eigenvalue weighted by Crippen LogP contribution is -2.49. The zero-order chi connectivity index (χ0) is 17.2. The monoisotopic (exact) mass is 337 g/mol. The van der Waals surface area contributed by atoms with Gasteiger partial charge < -0.3 is 15.3 Å². The summed E-state index contributed by atoms with van der Waals surface area (Å²) in [5.41, 5.74) is 2.94. The third-order valence-corrected chi connectivity index (χ3v) is 4.31. The highest BCUT2D eigenvalue weighted by Gasteiger charge is 2.18. The zero-order valence-corrected chi connectivity index (χ0v) is 13.8. The van der Waals surface area contributed by atoms with Gasteiger partial charge in [0.2, 0.25) is 5.95 Å². The van der Waals surface area contributed by atoms with Crippen LogP contribution in [0.4, 0.5) is 5.95 Å². The highest BCUT2D eigenvalue weighted by Crippen LogP contribution is 2.31. The molecule has 8 heteroatoms. The van der Waals surface area contributed by atoms with E-state index < -0.39 is 0 Å². The third kappa shape index (κ3) is 3.16. The number of nitrogens with zero attached hydrogens (tertiary/aromatic N) is 5. The molecule has 0 aliphatic carbocycles. The first-order valence-electron chi connectivity index (χ1n) is 8.21. The number of hydrogen-bond donors (Lipinski definition) is 3. The molecule has 0 radical (unpaired) electrons. The van der Waals surface area contributed by atoms with Crippen LogP contribution in [0.2, 0.25) is 0 Å². The molecule has 2 aromatic heterocycles. The molecule has 4 rings (SSSR count). The summed E-state index contributed by atoms with van der Waals surface area (Å²) in [6.45, 7) is 4.75. The van der Waals surface area contributed by atoms with E-state index in [2.05, 4.69) is 42.5 Å². The smallest absolute Gasteiger partial charge is 0.245 e. The third-order valence-electron chi connectivity index (χ3n) is 4.31. The second-order valence-corrected chi connectivity index (χ2v) is 6.16. The van der Waals surface area contributed by atoms with E-state index in [0.717, 1.165) is 30.8 Å². The van der Waals surface area contributed by atoms with Crippen molar-refractivity contribution in [1.82, 2.24) is 30.7 Å². The first-order valence-corrected chi connectivity index (χ1v) is 8.21. The quantitative estimate of drug-likeness (QED) is 0.664. The van der Waals surface area contributed by atoms with E-state index >= 15 is 0 Å². The fraction of sp³-hybridized carbons (Fsp3) is 0.294. The second kappa shape index (κ2) is 6.48. The van der Waals surface area contributed by atoms with Gasteiger partial charge in [-0.3, -0.25) is 5.10 Å². The van der Waals surface area contributed by atoms with Gasteiger partial charge in [-0.15, -0.1) is 10.2 Å². The number of aromatic hydroxyl groups is 1. The fourth-order valence-corrected chi connectivity index (χ4v) is 2.99. The Kier molecular flexibility index (Phi) is 4.02. The molecule has 3 N–H and O–H groups in total. The van der Waals surface area contributed by atoms with Crippen LogP contribution in [-0.4, -0.2) is 56.2 Å². The number of piperazine rings is 1. The SMILES string of the molecule is C[C@@H]1CN(c2ncc(-c3ccc(-c4cn[nH]c4)cc3O)nn2)CCN1. The van der Waals surface area contributed by atoms with E-state index in [9.17, 15) is 5.11 Å². The Bertz CT molecular complexity index is 848. The van der Waals surface area contributed by atoms with Crippen molar-refractivity contribution in [1.29, 1.82) is 0 Å². The minimum absolute atomic E-state index is 0.137. The molecule has 8 nitrogen and oxygen atoms in total. The van der Waals surface area contributed by atoms with Crippen molar-refractivity contribution in [3.05, 3.63) is 36.8 Å². The Labute approximate surface area is 144 Å². The molecule has 1 fully saturated rings. The fourth-order valence-electron chi connectivity index (χ4n) is 2.99. The molecule has 3 aromatic rings. The maximum atomic E-state index is 10.4. The van der Waals surface area contributed by atoms with Crippen molar-refractivity contribution in [2.75, 3.05) is 24.5 Å². The van der Waals surface area contributed by atoms with Gasteiger partial charge in [0.05, 0.1) is 12.4 Å². The van der Waals surface area contributed by atoms with E-state index in [4.69, 9.17) is 0 Å². The van der Waals surface area contributed by atoms with E-state index in [1.165, 1.54) is 0 Å². The van der Waals surface area contributed by atoms with Crippen LogP contribution in [0, 0.1) is 0 Å². The molecule has 128 valence electrons. The summed E-state index contributed by atoms with van der Waals surface area (Å²) in [6.07, 6.45) is 5.14. The summed E-state index contributed by atoms with van der Waals surface area (Å²) < 4.78 is 0. The highest BCUT2D eigenvalue weighted by molar-refractivity contribution is 5.73. The van der Waals surface area contributed by atoms with Gasteiger partial charge >= 0.3 is 0 Å². The Morgan fingerprint density at radius 2 is 2.12 bits per heavy atom. The van der Waals surface area contributed by atoms with E-state index in [1.807, 2.05) is 12.1 Å². The molecule has 25 heavy (non-hydrogen) atoms. The van der Waals surface area contributed by atoms with E-state index in [0.29, 0.717) is 23.2 Å². The van der Waals surface area contributed by atoms with Gasteiger partial charge in [0, 0.05) is 43.0 Å². The Balaban J connectivity index is 1.57. The van der Waals surface area contributed by atoms with Crippen molar-refractivity contribution in [3.8, 4) is 28.1 Å². The van der Waals surface area contributed by atoms with Crippen LogP contribution in [0.15, 0.2) is 36.8 Å². The summed E-state index contributed by atoms with van der Waals surface area (Å²) in [5, 5.41) is 28.9. The normalized spacial score (nSPS) is 17.6. The Morgan fingerprint density at radius 3 is 2.80 bits per heavy atom. The summed E-state index contributed by atoms with van der Waals surface area (Å²) in [6, 6.07) is 5.81. The van der Waals surface area contributed by atoms with Crippen molar-refractivity contribution in [2.24, 2.45) is 0 Å². The van der Waals surface area contributed by atoms with Gasteiger partial charge in [0.25, 0.3) is 0 Å². The maximum absolute atomic E-state index is 10.4. The number of benzene rings is 1. The molecule has 0 bridgehead atoms. The van der Waals surface area contributed by atoms with Gasteiger partial charge in [-0.1, -0.05) is 6.07 Å². The van der Waals surface area contributed by atoms with Crippen LogP contribution in [0.5, 0.6) is 5.75 Å². The van der Waals surface area contributed by atoms with Gasteiger partial charge in [-0.2, -0.15) is 5.10 Å². The predicted octanol–water partition coefficient (Wildman–Crippen LogP) is 1.43. The van der Waals surface area contributed by atoms with E-state index in [1.54, 1.807) is 24.7 Å². The minimum atomic E-state index is 0.137. The molecule has 0 saturated carbocycles. The minimum Gasteiger partial charge on any atom is -0.507 e. The van der Waals surface area contributed by atoms with Crippen LogP contribution >= 0.6 is 0 Å². The van der Waals surface area contributed by atoms with Crippen LogP contribution < -0.4 is 10.2 Å². The topological polar surface area (TPSA) is 103 Å². The molecule has 0 unspecified atom stereocenters. The largest absolute Gasteiger partial charge is 0.507 e. The molecule has 1 aromatic carbocycles. The van der Waals surface area contributed by atoms with Crippen LogP contribution in [0.3, 0.4) is 0 Å². The maximum Gasteiger partial charge on any atom is 0.245 e. The number of rotatable bonds is 3. The van der Waals surface area contributed by atoms with Gasteiger partial charge in [-0.25, -0.2) is 4.98 Å². The average Bonchev–Trinajstić information content (AvgIpc) is 3.17. The number of nitrogens with one attached hydrogen (secondary N) is 2. The van der Waals surface area contributed by atoms with Crippen LogP contribution in [0.25, 0.3) is 22.4 Å². The lowest BCUT2D eigenvalue weighted by molar-refractivity contribution is 0.476. The van der Waals surface area contributed by atoms with Crippen molar-refractivity contribution in [2.45, 2.75) is 13.0 Å². The van der Waals surface area contributed by atoms with Crippen molar-refractivity contribution in [3.63, 3.8) is 0 Å². The first-order chi connectivity index (χ1) is 12.2. The first kappa shape index (κ1) is 15.5. The van der Waals surface area contributed by atoms with Crippen LogP contribution in [0.1, 0.15) is 6.92 Å². The standard InChI is InChI=1S/C17H19N7O/c1-11-10-24(5-4-18-11)17-19-9-15(22-23-17)14-3-2-12(6-16(14)25)13-7-20-21-8-13/h2-3,6-9,11,18,25H,4-5,10H2,1H3,(H,20,21)/t11-/m1/s1.